The molecule has 0 atom stereocenters. The molecule has 22 heavy (non-hydrogen) atoms. The van der Waals surface area contributed by atoms with Gasteiger partial charge in [0.15, 0.2) is 0 Å². The Hall–Kier alpha value is -2.08. The van der Waals surface area contributed by atoms with Crippen molar-refractivity contribution in [3.05, 3.63) is 18.2 Å². The lowest BCUT2D eigenvalue weighted by molar-refractivity contribution is 0.473. The molecule has 2 aromatic carbocycles. The summed E-state index contributed by atoms with van der Waals surface area (Å²) in [5.41, 5.74) is 5.01. The fourth-order valence-corrected chi connectivity index (χ4v) is 3.24. The van der Waals surface area contributed by atoms with Gasteiger partial charge in [-0.3, -0.25) is 9.11 Å². The monoisotopic (exact) mass is 348 g/mol. The highest BCUT2D eigenvalue weighted by Gasteiger charge is 2.23. The summed E-state index contributed by atoms with van der Waals surface area (Å²) in [7, 11) is -7.87. The first-order valence-corrected chi connectivity index (χ1v) is 8.56. The molecule has 0 aliphatic heterocycles. The number of nitrogens with one attached hydrogen (secondary N) is 1. The van der Waals surface area contributed by atoms with Crippen LogP contribution in [0.4, 0.5) is 11.4 Å². The Morgan fingerprint density at radius 3 is 2.09 bits per heavy atom. The van der Waals surface area contributed by atoms with Crippen LogP contribution < -0.4 is 11.1 Å². The van der Waals surface area contributed by atoms with E-state index in [-0.39, 0.29) is 16.5 Å². The van der Waals surface area contributed by atoms with Gasteiger partial charge in [-0.05, 0) is 23.6 Å². The smallest absolute Gasteiger partial charge is 0.296 e. The molecular weight excluding hydrogens is 336 g/mol. The summed E-state index contributed by atoms with van der Waals surface area (Å²) in [6.45, 7) is 0. The second-order valence-corrected chi connectivity index (χ2v) is 7.22. The number of anilines is 2. The van der Waals surface area contributed by atoms with E-state index >= 15 is 0 Å². The molecule has 0 radical (unpaired) electrons. The molecule has 9 nitrogen and oxygen atoms in total. The molecule has 2 rings (SSSR count). The molecule has 0 aliphatic rings. The Morgan fingerprint density at radius 1 is 1.05 bits per heavy atom. The molecule has 0 aromatic heterocycles. The number of nitrogens with two attached hydrogens (primary N) is 1. The molecule has 11 heteroatoms. The standard InChI is InChI=1S/C11H12N2O7S2/c1-13-7-4-6(21(15,16)17)2-5-3-8(22(18,19)20)10(12)11(14)9(5)7/h2-4,13-14H,12H2,1H3,(H,15,16,17)(H,18,19,20). The van der Waals surface area contributed by atoms with E-state index in [4.69, 9.17) is 14.8 Å². The van der Waals surface area contributed by atoms with Crippen molar-refractivity contribution in [2.75, 3.05) is 18.1 Å². The fourth-order valence-electron chi connectivity index (χ4n) is 2.05. The summed E-state index contributed by atoms with van der Waals surface area (Å²) in [6.07, 6.45) is 0. The minimum absolute atomic E-state index is 0.0415. The zero-order valence-corrected chi connectivity index (χ0v) is 12.7. The van der Waals surface area contributed by atoms with Crippen molar-refractivity contribution in [2.24, 2.45) is 0 Å². The summed E-state index contributed by atoms with van der Waals surface area (Å²) in [6, 6.07) is 2.89. The van der Waals surface area contributed by atoms with Crippen molar-refractivity contribution >= 4 is 42.4 Å². The van der Waals surface area contributed by atoms with Crippen molar-refractivity contribution in [1.29, 1.82) is 0 Å². The zero-order valence-electron chi connectivity index (χ0n) is 11.1. The van der Waals surface area contributed by atoms with Crippen LogP contribution in [0.2, 0.25) is 0 Å². The highest BCUT2D eigenvalue weighted by atomic mass is 32.2. The molecule has 120 valence electrons. The molecule has 0 unspecified atom stereocenters. The second-order valence-electron chi connectivity index (χ2n) is 4.41. The lowest BCUT2D eigenvalue weighted by Gasteiger charge is -2.13. The van der Waals surface area contributed by atoms with Crippen LogP contribution >= 0.6 is 0 Å². The van der Waals surface area contributed by atoms with Crippen molar-refractivity contribution in [1.82, 2.24) is 0 Å². The van der Waals surface area contributed by atoms with Gasteiger partial charge in [0.2, 0.25) is 0 Å². The molecule has 0 aliphatic carbocycles. The van der Waals surface area contributed by atoms with E-state index in [2.05, 4.69) is 5.32 Å². The lowest BCUT2D eigenvalue weighted by atomic mass is 10.1. The van der Waals surface area contributed by atoms with Gasteiger partial charge in [0.05, 0.1) is 10.6 Å². The first-order valence-electron chi connectivity index (χ1n) is 5.68. The minimum atomic E-state index is -4.73. The number of fused-ring (bicyclic) bond motifs is 1. The highest BCUT2D eigenvalue weighted by Crippen LogP contribution is 2.41. The Morgan fingerprint density at radius 2 is 1.64 bits per heavy atom. The van der Waals surface area contributed by atoms with E-state index in [1.807, 2.05) is 0 Å². The van der Waals surface area contributed by atoms with Gasteiger partial charge in [0, 0.05) is 18.1 Å². The Kier molecular flexibility index (Phi) is 3.69. The van der Waals surface area contributed by atoms with Gasteiger partial charge in [0.1, 0.15) is 10.6 Å². The summed E-state index contributed by atoms with van der Waals surface area (Å²) in [5.74, 6) is -0.642. The number of phenolic OH excluding ortho intramolecular Hbond substituents is 1. The Bertz CT molecular complexity index is 981. The largest absolute Gasteiger partial charge is 0.505 e. The lowest BCUT2D eigenvalue weighted by Crippen LogP contribution is -2.05. The average molecular weight is 348 g/mol. The fraction of sp³-hybridized carbons (Fsp3) is 0.0909. The number of benzene rings is 2. The van der Waals surface area contributed by atoms with Crippen LogP contribution in [0, 0.1) is 0 Å². The maximum Gasteiger partial charge on any atom is 0.296 e. The maximum absolute atomic E-state index is 11.3. The third-order valence-corrected chi connectivity index (χ3v) is 4.76. The predicted octanol–water partition coefficient (Wildman–Crippen LogP) is 0.663. The summed E-state index contributed by atoms with van der Waals surface area (Å²) in [5, 5.41) is 12.6. The number of rotatable bonds is 3. The van der Waals surface area contributed by atoms with E-state index in [1.165, 1.54) is 7.05 Å². The molecular formula is C11H12N2O7S2. The maximum atomic E-state index is 11.3. The molecule has 0 amide bonds. The van der Waals surface area contributed by atoms with Gasteiger partial charge in [-0.1, -0.05) is 0 Å². The molecule has 0 fully saturated rings. The Labute approximate surface area is 125 Å². The highest BCUT2D eigenvalue weighted by molar-refractivity contribution is 7.86. The number of phenols is 1. The number of aromatic hydroxyl groups is 1. The predicted molar refractivity (Wildman–Crippen MR) is 79.2 cm³/mol. The number of hydrogen-bond acceptors (Lipinski definition) is 7. The Balaban J connectivity index is 3.05. The average Bonchev–Trinajstić information content (AvgIpc) is 2.39. The molecule has 0 bridgehead atoms. The minimum Gasteiger partial charge on any atom is -0.505 e. The first kappa shape index (κ1) is 16.3. The normalized spacial score (nSPS) is 12.5. The van der Waals surface area contributed by atoms with E-state index in [0.29, 0.717) is 0 Å². The third kappa shape index (κ3) is 2.66. The molecule has 0 saturated heterocycles. The van der Waals surface area contributed by atoms with Crippen LogP contribution in [0.25, 0.3) is 10.8 Å². The van der Waals surface area contributed by atoms with Crippen LogP contribution in [-0.4, -0.2) is 38.1 Å². The first-order chi connectivity index (χ1) is 9.96. The topological polar surface area (TPSA) is 167 Å². The van der Waals surface area contributed by atoms with E-state index in [9.17, 15) is 21.9 Å². The van der Waals surface area contributed by atoms with Gasteiger partial charge in [-0.2, -0.15) is 16.8 Å². The molecule has 0 saturated carbocycles. The van der Waals surface area contributed by atoms with Crippen LogP contribution in [0.1, 0.15) is 0 Å². The molecule has 6 N–H and O–H groups in total. The van der Waals surface area contributed by atoms with Crippen molar-refractivity contribution in [2.45, 2.75) is 9.79 Å². The quantitative estimate of drug-likeness (QED) is 0.304. The van der Waals surface area contributed by atoms with Gasteiger partial charge >= 0.3 is 0 Å². The van der Waals surface area contributed by atoms with Crippen LogP contribution in [0.15, 0.2) is 28.0 Å². The van der Waals surface area contributed by atoms with Crippen molar-refractivity contribution < 1.29 is 31.0 Å². The van der Waals surface area contributed by atoms with Gasteiger partial charge in [-0.25, -0.2) is 0 Å². The summed E-state index contributed by atoms with van der Waals surface area (Å²) < 4.78 is 63.3. The van der Waals surface area contributed by atoms with Crippen LogP contribution in [0.3, 0.4) is 0 Å². The van der Waals surface area contributed by atoms with Crippen molar-refractivity contribution in [3.8, 4) is 5.75 Å². The summed E-state index contributed by atoms with van der Waals surface area (Å²) >= 11 is 0. The third-order valence-electron chi connectivity index (χ3n) is 3.03. The SMILES string of the molecule is CNc1cc(S(=O)(=O)O)cc2cc(S(=O)(=O)O)c(N)c(O)c12. The number of nitrogen functional groups attached to an aromatic ring is 1. The summed E-state index contributed by atoms with van der Waals surface area (Å²) in [4.78, 5) is -1.29. The van der Waals surface area contributed by atoms with Crippen LogP contribution in [0.5, 0.6) is 5.75 Å². The second kappa shape index (κ2) is 4.98. The zero-order chi connectivity index (χ0) is 16.9. The number of hydrogen-bond donors (Lipinski definition) is 5. The molecule has 2 aromatic rings. The van der Waals surface area contributed by atoms with E-state index < -0.39 is 41.5 Å². The van der Waals surface area contributed by atoms with E-state index in [1.54, 1.807) is 0 Å². The van der Waals surface area contributed by atoms with Crippen molar-refractivity contribution in [3.63, 3.8) is 0 Å². The van der Waals surface area contributed by atoms with Crippen LogP contribution in [-0.2, 0) is 20.2 Å². The molecule has 0 spiro atoms. The van der Waals surface area contributed by atoms with Gasteiger partial charge in [0.25, 0.3) is 20.2 Å². The van der Waals surface area contributed by atoms with E-state index in [0.717, 1.165) is 18.2 Å². The molecule has 0 heterocycles. The van der Waals surface area contributed by atoms with Gasteiger partial charge in [-0.15, -0.1) is 0 Å². The van der Waals surface area contributed by atoms with Gasteiger partial charge < -0.3 is 16.2 Å².